The quantitative estimate of drug-likeness (QED) is 0.877. The van der Waals surface area contributed by atoms with E-state index in [0.29, 0.717) is 25.2 Å². The van der Waals surface area contributed by atoms with Gasteiger partial charge in [0.1, 0.15) is 0 Å². The van der Waals surface area contributed by atoms with E-state index < -0.39 is 10.0 Å². The highest BCUT2D eigenvalue weighted by molar-refractivity contribution is 7.89. The number of rotatable bonds is 5. The molecular weight excluding hydrogens is 348 g/mol. The van der Waals surface area contributed by atoms with Gasteiger partial charge in [0.15, 0.2) is 0 Å². The number of amides is 1. The van der Waals surface area contributed by atoms with Gasteiger partial charge in [0.2, 0.25) is 10.0 Å². The molecule has 0 atom stereocenters. The molecule has 0 unspecified atom stereocenters. The van der Waals surface area contributed by atoms with Crippen molar-refractivity contribution in [3.8, 4) is 0 Å². The fourth-order valence-corrected chi connectivity index (χ4v) is 4.67. The van der Waals surface area contributed by atoms with Crippen LogP contribution in [-0.2, 0) is 16.6 Å². The van der Waals surface area contributed by atoms with Crippen molar-refractivity contribution < 1.29 is 13.2 Å². The second kappa shape index (κ2) is 8.47. The van der Waals surface area contributed by atoms with Gasteiger partial charge in [-0.1, -0.05) is 49.2 Å². The number of hydrogen-bond acceptors (Lipinski definition) is 3. The van der Waals surface area contributed by atoms with Crippen molar-refractivity contribution in [1.29, 1.82) is 0 Å². The van der Waals surface area contributed by atoms with E-state index in [1.54, 1.807) is 22.5 Å². The molecule has 0 bridgehead atoms. The fourth-order valence-electron chi connectivity index (χ4n) is 3.11. The number of benzene rings is 2. The van der Waals surface area contributed by atoms with Crippen LogP contribution in [0.1, 0.15) is 41.6 Å². The zero-order valence-electron chi connectivity index (χ0n) is 14.7. The van der Waals surface area contributed by atoms with E-state index in [2.05, 4.69) is 5.32 Å². The van der Waals surface area contributed by atoms with Gasteiger partial charge in [0, 0.05) is 25.2 Å². The molecule has 2 aromatic rings. The Morgan fingerprint density at radius 1 is 0.923 bits per heavy atom. The smallest absolute Gasteiger partial charge is 0.251 e. The summed E-state index contributed by atoms with van der Waals surface area (Å²) < 4.78 is 27.3. The molecule has 1 aliphatic rings. The summed E-state index contributed by atoms with van der Waals surface area (Å²) in [4.78, 5) is 12.6. The molecule has 1 heterocycles. The van der Waals surface area contributed by atoms with Crippen LogP contribution in [0.25, 0.3) is 0 Å². The topological polar surface area (TPSA) is 66.5 Å². The van der Waals surface area contributed by atoms with Crippen LogP contribution in [0.2, 0.25) is 0 Å². The third kappa shape index (κ3) is 4.51. The molecule has 0 radical (unpaired) electrons. The minimum absolute atomic E-state index is 0.187. The van der Waals surface area contributed by atoms with Crippen LogP contribution in [0.15, 0.2) is 59.5 Å². The minimum atomic E-state index is -3.56. The molecular formula is C20H24N2O3S. The Balaban J connectivity index is 1.73. The first-order chi connectivity index (χ1) is 12.6. The molecule has 0 aromatic heterocycles. The van der Waals surface area contributed by atoms with Crippen molar-refractivity contribution in [1.82, 2.24) is 9.62 Å². The lowest BCUT2D eigenvalue weighted by molar-refractivity contribution is 0.0950. The van der Waals surface area contributed by atoms with E-state index in [0.717, 1.165) is 31.2 Å². The molecule has 5 nitrogen and oxygen atoms in total. The summed E-state index contributed by atoms with van der Waals surface area (Å²) in [5.41, 5.74) is 1.35. The standard InChI is InChI=1S/C20H24N2O3S/c23-20(21-16-17-9-4-3-5-10-17)18-11-8-12-19(15-18)26(24,25)22-13-6-1-2-7-14-22/h3-5,8-12,15H,1-2,6-7,13-14,16H2,(H,21,23). The van der Waals surface area contributed by atoms with Crippen molar-refractivity contribution in [2.24, 2.45) is 0 Å². The Morgan fingerprint density at radius 2 is 1.62 bits per heavy atom. The Hall–Kier alpha value is -2.18. The van der Waals surface area contributed by atoms with Gasteiger partial charge in [-0.2, -0.15) is 4.31 Å². The highest BCUT2D eigenvalue weighted by Crippen LogP contribution is 2.21. The van der Waals surface area contributed by atoms with Crippen LogP contribution in [0.3, 0.4) is 0 Å². The van der Waals surface area contributed by atoms with Gasteiger partial charge < -0.3 is 5.32 Å². The second-order valence-electron chi connectivity index (χ2n) is 6.51. The second-order valence-corrected chi connectivity index (χ2v) is 8.45. The molecule has 1 amide bonds. The maximum Gasteiger partial charge on any atom is 0.251 e. The van der Waals surface area contributed by atoms with E-state index in [4.69, 9.17) is 0 Å². The maximum absolute atomic E-state index is 12.9. The van der Waals surface area contributed by atoms with Gasteiger partial charge in [0.05, 0.1) is 4.90 Å². The summed E-state index contributed by atoms with van der Waals surface area (Å²) in [6, 6.07) is 15.9. The average Bonchev–Trinajstić information content (AvgIpc) is 2.97. The van der Waals surface area contributed by atoms with Crippen LogP contribution in [0.5, 0.6) is 0 Å². The lowest BCUT2D eigenvalue weighted by atomic mass is 10.2. The summed E-state index contributed by atoms with van der Waals surface area (Å²) >= 11 is 0. The summed E-state index contributed by atoms with van der Waals surface area (Å²) in [6.45, 7) is 1.50. The van der Waals surface area contributed by atoms with Gasteiger partial charge in [-0.15, -0.1) is 0 Å². The van der Waals surface area contributed by atoms with E-state index in [1.165, 1.54) is 6.07 Å². The molecule has 1 saturated heterocycles. The largest absolute Gasteiger partial charge is 0.348 e. The van der Waals surface area contributed by atoms with Crippen molar-refractivity contribution >= 4 is 15.9 Å². The molecule has 6 heteroatoms. The van der Waals surface area contributed by atoms with Gasteiger partial charge >= 0.3 is 0 Å². The third-order valence-electron chi connectivity index (χ3n) is 4.59. The number of sulfonamides is 1. The van der Waals surface area contributed by atoms with Crippen molar-refractivity contribution in [3.05, 3.63) is 65.7 Å². The average molecular weight is 372 g/mol. The number of nitrogens with one attached hydrogen (secondary N) is 1. The van der Waals surface area contributed by atoms with E-state index in [9.17, 15) is 13.2 Å². The Kier molecular flexibility index (Phi) is 6.06. The van der Waals surface area contributed by atoms with Gasteiger partial charge in [-0.3, -0.25) is 4.79 Å². The Labute approximate surface area is 155 Å². The predicted molar refractivity (Wildman–Crippen MR) is 101 cm³/mol. The highest BCUT2D eigenvalue weighted by Gasteiger charge is 2.25. The van der Waals surface area contributed by atoms with E-state index in [1.807, 2.05) is 30.3 Å². The molecule has 3 rings (SSSR count). The van der Waals surface area contributed by atoms with Crippen molar-refractivity contribution in [3.63, 3.8) is 0 Å². The Bertz CT molecular complexity index is 842. The summed E-state index contributed by atoms with van der Waals surface area (Å²) in [5, 5.41) is 2.84. The maximum atomic E-state index is 12.9. The molecule has 1 N–H and O–H groups in total. The van der Waals surface area contributed by atoms with Crippen LogP contribution in [0.4, 0.5) is 0 Å². The predicted octanol–water partition coefficient (Wildman–Crippen LogP) is 3.18. The van der Waals surface area contributed by atoms with E-state index in [-0.39, 0.29) is 10.8 Å². The molecule has 0 spiro atoms. The first kappa shape index (κ1) is 18.6. The monoisotopic (exact) mass is 372 g/mol. The summed E-state index contributed by atoms with van der Waals surface area (Å²) in [6.07, 6.45) is 3.90. The zero-order valence-corrected chi connectivity index (χ0v) is 15.5. The summed E-state index contributed by atoms with van der Waals surface area (Å²) in [5.74, 6) is -0.276. The number of nitrogens with zero attached hydrogens (tertiary/aromatic N) is 1. The SMILES string of the molecule is O=C(NCc1ccccc1)c1cccc(S(=O)(=O)N2CCCCCC2)c1. The van der Waals surface area contributed by atoms with Crippen molar-refractivity contribution in [2.45, 2.75) is 37.1 Å². The number of hydrogen-bond donors (Lipinski definition) is 1. The molecule has 0 saturated carbocycles. The lowest BCUT2D eigenvalue weighted by Gasteiger charge is -2.20. The van der Waals surface area contributed by atoms with Crippen LogP contribution in [-0.4, -0.2) is 31.7 Å². The number of carbonyl (C=O) groups is 1. The molecule has 1 aliphatic heterocycles. The third-order valence-corrected chi connectivity index (χ3v) is 6.49. The fraction of sp³-hybridized carbons (Fsp3) is 0.350. The number of carbonyl (C=O) groups excluding carboxylic acids is 1. The van der Waals surface area contributed by atoms with Crippen LogP contribution < -0.4 is 5.32 Å². The first-order valence-electron chi connectivity index (χ1n) is 9.00. The highest BCUT2D eigenvalue weighted by atomic mass is 32.2. The molecule has 0 aliphatic carbocycles. The normalized spacial score (nSPS) is 16.0. The Morgan fingerprint density at radius 3 is 2.31 bits per heavy atom. The molecule has 1 fully saturated rings. The van der Waals surface area contributed by atoms with Crippen LogP contribution >= 0.6 is 0 Å². The molecule has 138 valence electrons. The van der Waals surface area contributed by atoms with Crippen LogP contribution in [0, 0.1) is 0 Å². The minimum Gasteiger partial charge on any atom is -0.348 e. The van der Waals surface area contributed by atoms with Gasteiger partial charge in [-0.05, 0) is 36.6 Å². The lowest BCUT2D eigenvalue weighted by Crippen LogP contribution is -2.32. The van der Waals surface area contributed by atoms with Crippen molar-refractivity contribution in [2.75, 3.05) is 13.1 Å². The zero-order chi connectivity index (χ0) is 18.4. The molecule has 2 aromatic carbocycles. The summed E-state index contributed by atoms with van der Waals surface area (Å²) in [7, 11) is -3.56. The molecule has 26 heavy (non-hydrogen) atoms. The van der Waals surface area contributed by atoms with Gasteiger partial charge in [0.25, 0.3) is 5.91 Å². The van der Waals surface area contributed by atoms with E-state index >= 15 is 0 Å². The first-order valence-corrected chi connectivity index (χ1v) is 10.4. The van der Waals surface area contributed by atoms with Gasteiger partial charge in [-0.25, -0.2) is 8.42 Å².